The van der Waals surface area contributed by atoms with E-state index in [9.17, 15) is 13.2 Å². The molecular formula is C17H24F3N3O2. The molecule has 0 spiro atoms. The minimum atomic E-state index is -3.02. The molecule has 0 bridgehead atoms. The summed E-state index contributed by atoms with van der Waals surface area (Å²) in [6, 6.07) is 3.81. The Morgan fingerprint density at radius 2 is 2.20 bits per heavy atom. The average Bonchev–Trinajstić information content (AvgIpc) is 2.98. The molecule has 1 heterocycles. The van der Waals surface area contributed by atoms with Crippen molar-refractivity contribution in [2.24, 2.45) is 4.99 Å². The molecule has 1 fully saturated rings. The van der Waals surface area contributed by atoms with Gasteiger partial charge in [-0.1, -0.05) is 6.07 Å². The number of rotatable bonds is 7. The van der Waals surface area contributed by atoms with E-state index in [0.29, 0.717) is 19.0 Å². The highest BCUT2D eigenvalue weighted by atomic mass is 19.3. The zero-order valence-corrected chi connectivity index (χ0v) is 14.4. The van der Waals surface area contributed by atoms with Crippen molar-refractivity contribution < 1.29 is 22.6 Å². The average molecular weight is 359 g/mol. The van der Waals surface area contributed by atoms with Crippen molar-refractivity contribution in [2.45, 2.75) is 45.4 Å². The third-order valence-corrected chi connectivity index (χ3v) is 3.96. The van der Waals surface area contributed by atoms with E-state index in [1.54, 1.807) is 0 Å². The molecule has 1 aliphatic rings. The number of guanidine groups is 1. The molecule has 0 amide bonds. The number of aliphatic imine (C=N–C) groups is 1. The van der Waals surface area contributed by atoms with Gasteiger partial charge in [-0.25, -0.2) is 9.38 Å². The number of nitrogens with zero attached hydrogens (tertiary/aromatic N) is 1. The van der Waals surface area contributed by atoms with E-state index >= 15 is 0 Å². The highest BCUT2D eigenvalue weighted by Crippen LogP contribution is 2.25. The van der Waals surface area contributed by atoms with Crippen LogP contribution in [0.3, 0.4) is 0 Å². The van der Waals surface area contributed by atoms with Gasteiger partial charge >= 0.3 is 6.61 Å². The minimum Gasteiger partial charge on any atom is -0.434 e. The number of ether oxygens (including phenoxy) is 2. The summed E-state index contributed by atoms with van der Waals surface area (Å²) >= 11 is 0. The largest absolute Gasteiger partial charge is 0.434 e. The molecule has 0 aromatic heterocycles. The highest BCUT2D eigenvalue weighted by molar-refractivity contribution is 5.79. The second-order valence-corrected chi connectivity index (χ2v) is 6.05. The molecule has 0 aliphatic carbocycles. The van der Waals surface area contributed by atoms with Crippen LogP contribution in [0.5, 0.6) is 5.75 Å². The predicted molar refractivity (Wildman–Crippen MR) is 89.4 cm³/mol. The van der Waals surface area contributed by atoms with Gasteiger partial charge < -0.3 is 20.1 Å². The van der Waals surface area contributed by atoms with Crippen molar-refractivity contribution >= 4 is 5.96 Å². The van der Waals surface area contributed by atoms with Crippen LogP contribution in [0.1, 0.15) is 32.3 Å². The topological polar surface area (TPSA) is 54.9 Å². The number of hydrogen-bond donors (Lipinski definition) is 2. The van der Waals surface area contributed by atoms with Crippen LogP contribution in [0, 0.1) is 5.82 Å². The molecule has 1 aromatic rings. The zero-order valence-electron chi connectivity index (χ0n) is 14.4. The van der Waals surface area contributed by atoms with E-state index in [4.69, 9.17) is 4.74 Å². The summed E-state index contributed by atoms with van der Waals surface area (Å²) in [6.45, 7) is 2.67. The Balaban J connectivity index is 2.07. The van der Waals surface area contributed by atoms with Crippen molar-refractivity contribution in [1.29, 1.82) is 0 Å². The zero-order chi connectivity index (χ0) is 18.3. The number of benzene rings is 1. The Kier molecular flexibility index (Phi) is 6.92. The van der Waals surface area contributed by atoms with Gasteiger partial charge in [-0.15, -0.1) is 0 Å². The van der Waals surface area contributed by atoms with Gasteiger partial charge in [0.05, 0.1) is 17.7 Å². The van der Waals surface area contributed by atoms with E-state index in [2.05, 4.69) is 20.4 Å². The molecule has 2 N–H and O–H groups in total. The fraction of sp³-hybridized carbons (Fsp3) is 0.588. The molecule has 25 heavy (non-hydrogen) atoms. The third kappa shape index (κ3) is 5.81. The van der Waals surface area contributed by atoms with E-state index in [1.165, 1.54) is 18.2 Å². The van der Waals surface area contributed by atoms with E-state index in [0.717, 1.165) is 19.4 Å². The van der Waals surface area contributed by atoms with Crippen LogP contribution in [0.2, 0.25) is 0 Å². The van der Waals surface area contributed by atoms with Crippen LogP contribution in [0.15, 0.2) is 23.2 Å². The van der Waals surface area contributed by atoms with Crippen molar-refractivity contribution in [2.75, 3.05) is 19.7 Å². The first-order valence-corrected chi connectivity index (χ1v) is 8.32. The van der Waals surface area contributed by atoms with Crippen LogP contribution < -0.4 is 15.4 Å². The van der Waals surface area contributed by atoms with Gasteiger partial charge in [0.15, 0.2) is 5.96 Å². The van der Waals surface area contributed by atoms with Crippen LogP contribution in [0.4, 0.5) is 13.2 Å². The lowest BCUT2D eigenvalue weighted by atomic mass is 10.0. The van der Waals surface area contributed by atoms with Gasteiger partial charge in [-0.05, 0) is 38.8 Å². The summed E-state index contributed by atoms with van der Waals surface area (Å²) in [4.78, 5) is 4.28. The number of alkyl halides is 2. The fourth-order valence-electron chi connectivity index (χ4n) is 2.65. The maximum atomic E-state index is 14.0. The summed E-state index contributed by atoms with van der Waals surface area (Å²) in [5, 5.41) is 6.20. The molecule has 1 unspecified atom stereocenters. The number of halogens is 3. The Labute approximate surface area is 145 Å². The Morgan fingerprint density at radius 1 is 1.40 bits per heavy atom. The molecule has 2 rings (SSSR count). The van der Waals surface area contributed by atoms with Gasteiger partial charge in [0.2, 0.25) is 0 Å². The lowest BCUT2D eigenvalue weighted by Crippen LogP contribution is -2.45. The van der Waals surface area contributed by atoms with Gasteiger partial charge in [0.1, 0.15) is 11.6 Å². The summed E-state index contributed by atoms with van der Waals surface area (Å²) in [7, 11) is 0. The molecular weight excluding hydrogens is 335 g/mol. The summed E-state index contributed by atoms with van der Waals surface area (Å²) < 4.78 is 49.0. The van der Waals surface area contributed by atoms with E-state index in [-0.39, 0.29) is 23.5 Å². The van der Waals surface area contributed by atoms with E-state index < -0.39 is 12.4 Å². The quantitative estimate of drug-likeness (QED) is 0.580. The number of hydrogen-bond acceptors (Lipinski definition) is 3. The van der Waals surface area contributed by atoms with Crippen molar-refractivity contribution in [1.82, 2.24) is 10.6 Å². The summed E-state index contributed by atoms with van der Waals surface area (Å²) in [6.07, 6.45) is 1.95. The smallest absolute Gasteiger partial charge is 0.387 e. The second-order valence-electron chi connectivity index (χ2n) is 6.05. The maximum Gasteiger partial charge on any atom is 0.387 e. The monoisotopic (exact) mass is 359 g/mol. The molecule has 1 aliphatic heterocycles. The summed E-state index contributed by atoms with van der Waals surface area (Å²) in [5.41, 5.74) is -0.277. The molecule has 1 aromatic carbocycles. The maximum absolute atomic E-state index is 14.0. The predicted octanol–water partition coefficient (Wildman–Crippen LogP) is 3.05. The molecule has 140 valence electrons. The first kappa shape index (κ1) is 19.4. The van der Waals surface area contributed by atoms with Crippen molar-refractivity contribution in [3.05, 3.63) is 29.6 Å². The van der Waals surface area contributed by atoms with Gasteiger partial charge in [-0.2, -0.15) is 8.78 Å². The minimum absolute atomic E-state index is 0.0108. The lowest BCUT2D eigenvalue weighted by molar-refractivity contribution is -0.0506. The standard InChI is InChI=1S/C17H24F3N3O2/c1-3-21-16(23-11-17(2)8-5-9-24-17)22-10-12-13(18)6-4-7-14(12)25-15(19)20/h4,6-7,15H,3,5,8-11H2,1-2H3,(H2,21,22,23). The first-order valence-electron chi connectivity index (χ1n) is 8.32. The van der Waals surface area contributed by atoms with Crippen molar-refractivity contribution in [3.8, 4) is 5.75 Å². The van der Waals surface area contributed by atoms with Crippen LogP contribution in [-0.2, 0) is 11.3 Å². The van der Waals surface area contributed by atoms with Gasteiger partial charge in [0, 0.05) is 19.7 Å². The highest BCUT2D eigenvalue weighted by Gasteiger charge is 2.29. The second kappa shape index (κ2) is 8.94. The fourth-order valence-corrected chi connectivity index (χ4v) is 2.65. The Morgan fingerprint density at radius 3 is 2.84 bits per heavy atom. The van der Waals surface area contributed by atoms with Crippen LogP contribution >= 0.6 is 0 Å². The summed E-state index contributed by atoms with van der Waals surface area (Å²) in [5.74, 6) is -0.380. The van der Waals surface area contributed by atoms with Gasteiger partial charge in [0.25, 0.3) is 0 Å². The van der Waals surface area contributed by atoms with Crippen LogP contribution in [0.25, 0.3) is 0 Å². The SMILES string of the molecule is CCNC(=NCc1c(F)cccc1OC(F)F)NCC1(C)CCCO1. The van der Waals surface area contributed by atoms with Crippen molar-refractivity contribution in [3.63, 3.8) is 0 Å². The third-order valence-electron chi connectivity index (χ3n) is 3.96. The van der Waals surface area contributed by atoms with E-state index in [1.807, 2.05) is 13.8 Å². The van der Waals surface area contributed by atoms with Gasteiger partial charge in [-0.3, -0.25) is 0 Å². The normalized spacial score (nSPS) is 20.8. The molecule has 5 nitrogen and oxygen atoms in total. The molecule has 1 atom stereocenters. The first-order chi connectivity index (χ1) is 11.9. The number of nitrogens with one attached hydrogen (secondary N) is 2. The lowest BCUT2D eigenvalue weighted by Gasteiger charge is -2.24. The molecule has 1 saturated heterocycles. The Bertz CT molecular complexity index is 591. The molecule has 8 heteroatoms. The molecule has 0 saturated carbocycles. The Hall–Kier alpha value is -1.96. The molecule has 0 radical (unpaired) electrons. The van der Waals surface area contributed by atoms with Crippen LogP contribution in [-0.4, -0.2) is 37.9 Å².